The minimum atomic E-state index is -0.268. The quantitative estimate of drug-likeness (QED) is 0.601. The van der Waals surface area contributed by atoms with Crippen molar-refractivity contribution in [1.29, 1.82) is 0 Å². The van der Waals surface area contributed by atoms with Gasteiger partial charge in [0.1, 0.15) is 5.04 Å². The fourth-order valence-electron chi connectivity index (χ4n) is 0.793. The Morgan fingerprint density at radius 3 is 2.55 bits per heavy atom. The topological polar surface area (TPSA) is 29.4 Å². The third-order valence-electron chi connectivity index (χ3n) is 1.46. The number of aliphatic imine (C=N–C) groups is 1. The predicted molar refractivity (Wildman–Crippen MR) is 49.2 cm³/mol. The lowest BCUT2D eigenvalue weighted by Crippen LogP contribution is -2.25. The van der Waals surface area contributed by atoms with Crippen molar-refractivity contribution in [3.63, 3.8) is 0 Å². The molecule has 0 bridgehead atoms. The van der Waals surface area contributed by atoms with Crippen molar-refractivity contribution < 1.29 is 4.79 Å². The van der Waals surface area contributed by atoms with Crippen molar-refractivity contribution in [2.24, 2.45) is 10.4 Å². The van der Waals surface area contributed by atoms with Crippen LogP contribution in [0.3, 0.4) is 0 Å². The lowest BCUT2D eigenvalue weighted by molar-refractivity contribution is -0.119. The molecule has 0 saturated heterocycles. The van der Waals surface area contributed by atoms with Crippen molar-refractivity contribution in [3.8, 4) is 0 Å². The maximum atomic E-state index is 11.5. The zero-order valence-corrected chi connectivity index (χ0v) is 7.99. The van der Waals surface area contributed by atoms with Gasteiger partial charge in [0.15, 0.2) is 5.78 Å². The molecular weight excluding hydrogens is 158 g/mol. The van der Waals surface area contributed by atoms with Crippen LogP contribution in [0.2, 0.25) is 0 Å². The largest absolute Gasteiger partial charge is 0.291 e. The number of carbonyl (C=O) groups is 1. The summed E-state index contributed by atoms with van der Waals surface area (Å²) in [5.41, 5.74) is -0.268. The van der Waals surface area contributed by atoms with Gasteiger partial charge >= 0.3 is 0 Å². The van der Waals surface area contributed by atoms with E-state index in [1.807, 2.05) is 20.8 Å². The number of rotatable bonds is 1. The molecule has 0 amide bonds. The maximum Gasteiger partial charge on any atom is 0.192 e. The zero-order valence-electron chi connectivity index (χ0n) is 7.18. The van der Waals surface area contributed by atoms with Gasteiger partial charge in [0.05, 0.1) is 0 Å². The molecule has 0 unspecified atom stereocenters. The van der Waals surface area contributed by atoms with Gasteiger partial charge in [-0.3, -0.25) is 9.79 Å². The van der Waals surface area contributed by atoms with Crippen LogP contribution >= 0.6 is 11.8 Å². The molecule has 0 aliphatic carbocycles. The van der Waals surface area contributed by atoms with Gasteiger partial charge in [0.25, 0.3) is 0 Å². The van der Waals surface area contributed by atoms with Gasteiger partial charge in [-0.15, -0.1) is 11.8 Å². The lowest BCUT2D eigenvalue weighted by atomic mass is 9.91. The Balaban J connectivity index is 2.68. The van der Waals surface area contributed by atoms with Crippen LogP contribution in [-0.2, 0) is 4.79 Å². The average Bonchev–Trinajstić information content (AvgIpc) is 2.34. The van der Waals surface area contributed by atoms with E-state index in [2.05, 4.69) is 4.99 Å². The summed E-state index contributed by atoms with van der Waals surface area (Å²) in [6, 6.07) is 0. The number of hydrogen-bond acceptors (Lipinski definition) is 3. The van der Waals surface area contributed by atoms with Crippen molar-refractivity contribution >= 4 is 22.6 Å². The Bertz CT molecular complexity index is 203. The van der Waals surface area contributed by atoms with Gasteiger partial charge in [0.2, 0.25) is 0 Å². The first kappa shape index (κ1) is 8.78. The van der Waals surface area contributed by atoms with Gasteiger partial charge in [-0.25, -0.2) is 0 Å². The molecular formula is C8H13NOS. The van der Waals surface area contributed by atoms with E-state index in [0.29, 0.717) is 0 Å². The molecule has 0 saturated carbocycles. The smallest absolute Gasteiger partial charge is 0.192 e. The van der Waals surface area contributed by atoms with Crippen LogP contribution in [0.25, 0.3) is 0 Å². The summed E-state index contributed by atoms with van der Waals surface area (Å²) < 4.78 is 0. The Morgan fingerprint density at radius 1 is 1.55 bits per heavy atom. The Kier molecular flexibility index (Phi) is 2.37. The highest BCUT2D eigenvalue weighted by atomic mass is 32.2. The van der Waals surface area contributed by atoms with E-state index in [0.717, 1.165) is 17.3 Å². The van der Waals surface area contributed by atoms with Crippen molar-refractivity contribution in [3.05, 3.63) is 0 Å². The van der Waals surface area contributed by atoms with Crippen LogP contribution in [0.5, 0.6) is 0 Å². The Hall–Kier alpha value is -0.310. The van der Waals surface area contributed by atoms with Gasteiger partial charge in [-0.05, 0) is 0 Å². The van der Waals surface area contributed by atoms with Crippen LogP contribution < -0.4 is 0 Å². The minimum Gasteiger partial charge on any atom is -0.291 e. The van der Waals surface area contributed by atoms with Crippen LogP contribution in [0.1, 0.15) is 20.8 Å². The summed E-state index contributed by atoms with van der Waals surface area (Å²) in [6.07, 6.45) is 0. The van der Waals surface area contributed by atoms with E-state index >= 15 is 0 Å². The van der Waals surface area contributed by atoms with Crippen LogP contribution in [-0.4, -0.2) is 23.1 Å². The average molecular weight is 171 g/mol. The molecule has 1 aliphatic heterocycles. The van der Waals surface area contributed by atoms with E-state index < -0.39 is 0 Å². The van der Waals surface area contributed by atoms with Gasteiger partial charge in [-0.2, -0.15) is 0 Å². The number of ketones is 1. The second-order valence-corrected chi connectivity index (χ2v) is 4.70. The first-order chi connectivity index (χ1) is 5.02. The molecule has 0 N–H and O–H groups in total. The second-order valence-electron chi connectivity index (χ2n) is 3.61. The molecule has 0 spiro atoms. The van der Waals surface area contributed by atoms with Crippen LogP contribution in [0, 0.1) is 5.41 Å². The number of carbonyl (C=O) groups excluding carboxylic acids is 1. The molecule has 1 heterocycles. The Morgan fingerprint density at radius 2 is 2.18 bits per heavy atom. The standard InChI is InChI=1S/C8H13NOS/c1-8(2,3)6(10)7-9-4-5-11-7/h4-5H2,1-3H3. The van der Waals surface area contributed by atoms with Crippen LogP contribution in [0.15, 0.2) is 4.99 Å². The molecule has 0 fully saturated rings. The van der Waals surface area contributed by atoms with E-state index in [-0.39, 0.29) is 11.2 Å². The minimum absolute atomic E-state index is 0.181. The molecule has 2 nitrogen and oxygen atoms in total. The summed E-state index contributed by atoms with van der Waals surface area (Å²) in [6.45, 7) is 6.59. The number of nitrogens with zero attached hydrogens (tertiary/aromatic N) is 1. The molecule has 1 rings (SSSR count). The molecule has 0 atom stereocenters. The number of Topliss-reactive ketones (excluding diaryl/α,β-unsaturated/α-hetero) is 1. The zero-order chi connectivity index (χ0) is 8.48. The lowest BCUT2D eigenvalue weighted by Gasteiger charge is -2.15. The summed E-state index contributed by atoms with van der Waals surface area (Å²) in [7, 11) is 0. The fraction of sp³-hybridized carbons (Fsp3) is 0.750. The van der Waals surface area contributed by atoms with E-state index in [9.17, 15) is 4.79 Å². The maximum absolute atomic E-state index is 11.5. The molecule has 0 aromatic carbocycles. The molecule has 62 valence electrons. The van der Waals surface area contributed by atoms with E-state index in [1.54, 1.807) is 11.8 Å². The molecule has 0 aromatic rings. The molecule has 3 heteroatoms. The highest BCUT2D eigenvalue weighted by molar-refractivity contribution is 8.16. The van der Waals surface area contributed by atoms with Crippen LogP contribution in [0.4, 0.5) is 0 Å². The third kappa shape index (κ3) is 2.06. The summed E-state index contributed by atoms with van der Waals surface area (Å²) >= 11 is 1.58. The normalized spacial score (nSPS) is 18.3. The van der Waals surface area contributed by atoms with Crippen molar-refractivity contribution in [2.75, 3.05) is 12.3 Å². The summed E-state index contributed by atoms with van der Waals surface area (Å²) in [4.78, 5) is 15.6. The first-order valence-electron chi connectivity index (χ1n) is 3.74. The first-order valence-corrected chi connectivity index (χ1v) is 4.72. The molecule has 0 aromatic heterocycles. The molecule has 0 radical (unpaired) electrons. The summed E-state index contributed by atoms with van der Waals surface area (Å²) in [5, 5.41) is 0.720. The van der Waals surface area contributed by atoms with Gasteiger partial charge < -0.3 is 0 Å². The monoisotopic (exact) mass is 171 g/mol. The Labute approximate surface area is 71.5 Å². The summed E-state index contributed by atoms with van der Waals surface area (Å²) in [5.74, 6) is 1.15. The van der Waals surface area contributed by atoms with Crippen molar-refractivity contribution in [2.45, 2.75) is 20.8 Å². The third-order valence-corrected chi connectivity index (χ3v) is 2.44. The SMILES string of the molecule is CC(C)(C)C(=O)C1=NCCS1. The highest BCUT2D eigenvalue weighted by Gasteiger charge is 2.27. The number of thioether (sulfide) groups is 1. The predicted octanol–water partition coefficient (Wildman–Crippen LogP) is 1.75. The van der Waals surface area contributed by atoms with E-state index in [1.165, 1.54) is 0 Å². The highest BCUT2D eigenvalue weighted by Crippen LogP contribution is 2.22. The van der Waals surface area contributed by atoms with Crippen molar-refractivity contribution in [1.82, 2.24) is 0 Å². The molecule has 1 aliphatic rings. The molecule has 11 heavy (non-hydrogen) atoms. The number of hydrogen-bond donors (Lipinski definition) is 0. The van der Waals surface area contributed by atoms with E-state index in [4.69, 9.17) is 0 Å². The van der Waals surface area contributed by atoms with Gasteiger partial charge in [0, 0.05) is 17.7 Å². The van der Waals surface area contributed by atoms with Gasteiger partial charge in [-0.1, -0.05) is 20.8 Å². The second kappa shape index (κ2) is 2.97. The fourth-order valence-corrected chi connectivity index (χ4v) is 1.79.